The van der Waals surface area contributed by atoms with Crippen LogP contribution in [0.4, 0.5) is 5.69 Å². The van der Waals surface area contributed by atoms with E-state index < -0.39 is 0 Å². The maximum Gasteiger partial charge on any atom is 0.255 e. The van der Waals surface area contributed by atoms with Gasteiger partial charge in [0.15, 0.2) is 0 Å². The van der Waals surface area contributed by atoms with Gasteiger partial charge in [0.25, 0.3) is 5.91 Å². The summed E-state index contributed by atoms with van der Waals surface area (Å²) in [6.07, 6.45) is 4.06. The van der Waals surface area contributed by atoms with Crippen LogP contribution >= 0.6 is 12.4 Å². The molecular weight excluding hydrogens is 256 g/mol. The van der Waals surface area contributed by atoms with Crippen molar-refractivity contribution >= 4 is 29.9 Å². The zero-order valence-electron chi connectivity index (χ0n) is 9.68. The van der Waals surface area contributed by atoms with Crippen LogP contribution in [-0.2, 0) is 4.79 Å². The van der Waals surface area contributed by atoms with Crippen LogP contribution in [0.15, 0.2) is 18.5 Å². The summed E-state index contributed by atoms with van der Waals surface area (Å²) in [4.78, 5) is 26.7. The molecule has 1 aliphatic heterocycles. The highest BCUT2D eigenvalue weighted by atomic mass is 35.5. The molecule has 18 heavy (non-hydrogen) atoms. The fourth-order valence-corrected chi connectivity index (χ4v) is 1.71. The van der Waals surface area contributed by atoms with Crippen molar-refractivity contribution in [3.8, 4) is 0 Å². The van der Waals surface area contributed by atoms with Gasteiger partial charge >= 0.3 is 0 Å². The Morgan fingerprint density at radius 3 is 2.94 bits per heavy atom. The third-order valence-corrected chi connectivity index (χ3v) is 2.70. The van der Waals surface area contributed by atoms with Crippen LogP contribution in [0.5, 0.6) is 0 Å². The van der Waals surface area contributed by atoms with E-state index in [2.05, 4.69) is 15.6 Å². The maximum absolute atomic E-state index is 11.9. The largest absolute Gasteiger partial charge is 0.398 e. The van der Waals surface area contributed by atoms with Crippen LogP contribution < -0.4 is 16.4 Å². The average molecular weight is 271 g/mol. The first-order chi connectivity index (χ1) is 8.16. The molecule has 6 nitrogen and oxygen atoms in total. The van der Waals surface area contributed by atoms with Gasteiger partial charge in [-0.15, -0.1) is 12.4 Å². The van der Waals surface area contributed by atoms with Crippen molar-refractivity contribution in [1.82, 2.24) is 15.6 Å². The second kappa shape index (κ2) is 6.20. The molecule has 4 N–H and O–H groups in total. The Labute approximate surface area is 111 Å². The number of nitrogen functional groups attached to an aromatic ring is 1. The number of nitrogens with two attached hydrogens (primary N) is 1. The number of halogens is 1. The summed E-state index contributed by atoms with van der Waals surface area (Å²) in [5.74, 6) is -0.229. The summed E-state index contributed by atoms with van der Waals surface area (Å²) in [5, 5.41) is 5.53. The Balaban J connectivity index is 0.00000162. The van der Waals surface area contributed by atoms with Gasteiger partial charge in [-0.05, 0) is 12.5 Å². The molecule has 0 radical (unpaired) electrons. The van der Waals surface area contributed by atoms with Crippen molar-refractivity contribution in [2.75, 3.05) is 12.3 Å². The number of hydrogen-bond acceptors (Lipinski definition) is 4. The van der Waals surface area contributed by atoms with E-state index in [1.807, 2.05) is 0 Å². The van der Waals surface area contributed by atoms with E-state index in [-0.39, 0.29) is 30.3 Å². The summed E-state index contributed by atoms with van der Waals surface area (Å²) in [6.45, 7) is 0.463. The molecule has 1 aliphatic rings. The van der Waals surface area contributed by atoms with Crippen molar-refractivity contribution in [3.05, 3.63) is 24.0 Å². The van der Waals surface area contributed by atoms with E-state index in [1.54, 1.807) is 6.07 Å². The molecule has 2 amide bonds. The van der Waals surface area contributed by atoms with E-state index >= 15 is 0 Å². The van der Waals surface area contributed by atoms with Gasteiger partial charge < -0.3 is 16.4 Å². The molecule has 1 fully saturated rings. The Morgan fingerprint density at radius 2 is 2.33 bits per heavy atom. The molecule has 0 bridgehead atoms. The minimum atomic E-state index is -0.253. The van der Waals surface area contributed by atoms with Gasteiger partial charge in [0, 0.05) is 37.1 Å². The second-order valence-electron chi connectivity index (χ2n) is 3.98. The molecule has 2 heterocycles. The molecule has 1 aromatic heterocycles. The number of amides is 2. The van der Waals surface area contributed by atoms with Gasteiger partial charge in [-0.3, -0.25) is 14.6 Å². The summed E-state index contributed by atoms with van der Waals surface area (Å²) in [7, 11) is 0. The molecule has 2 rings (SSSR count). The molecule has 1 saturated heterocycles. The minimum absolute atomic E-state index is 0. The van der Waals surface area contributed by atoms with Crippen LogP contribution in [0.3, 0.4) is 0 Å². The van der Waals surface area contributed by atoms with Crippen molar-refractivity contribution in [2.24, 2.45) is 0 Å². The number of aromatic nitrogens is 1. The van der Waals surface area contributed by atoms with Gasteiger partial charge in [0.2, 0.25) is 5.91 Å². The van der Waals surface area contributed by atoms with Gasteiger partial charge in [-0.25, -0.2) is 0 Å². The van der Waals surface area contributed by atoms with Crippen LogP contribution in [0.25, 0.3) is 0 Å². The fraction of sp³-hybridized carbons (Fsp3) is 0.364. The van der Waals surface area contributed by atoms with Gasteiger partial charge in [-0.1, -0.05) is 0 Å². The zero-order chi connectivity index (χ0) is 12.3. The Hall–Kier alpha value is -1.82. The van der Waals surface area contributed by atoms with Crippen LogP contribution in [0, 0.1) is 0 Å². The summed E-state index contributed by atoms with van der Waals surface area (Å²) in [6, 6.07) is 1.54. The third kappa shape index (κ3) is 3.33. The molecule has 1 atom stereocenters. The molecule has 0 saturated carbocycles. The molecular formula is C11H15ClN4O2. The molecule has 1 unspecified atom stereocenters. The Kier molecular flexibility index (Phi) is 4.91. The number of rotatable bonds is 2. The summed E-state index contributed by atoms with van der Waals surface area (Å²) < 4.78 is 0. The molecule has 98 valence electrons. The smallest absolute Gasteiger partial charge is 0.255 e. The molecule has 0 aromatic carbocycles. The summed E-state index contributed by atoms with van der Waals surface area (Å²) in [5.41, 5.74) is 6.44. The quantitative estimate of drug-likeness (QED) is 0.710. The number of nitrogens with zero attached hydrogens (tertiary/aromatic N) is 1. The van der Waals surface area contributed by atoms with Crippen molar-refractivity contribution < 1.29 is 9.59 Å². The number of anilines is 1. The first kappa shape index (κ1) is 14.2. The number of pyridine rings is 1. The average Bonchev–Trinajstić information content (AvgIpc) is 2.32. The highest BCUT2D eigenvalue weighted by Gasteiger charge is 2.20. The molecule has 0 aliphatic carbocycles. The van der Waals surface area contributed by atoms with E-state index in [0.717, 1.165) is 0 Å². The second-order valence-corrected chi connectivity index (χ2v) is 3.98. The normalized spacial score (nSPS) is 18.4. The van der Waals surface area contributed by atoms with Gasteiger partial charge in [-0.2, -0.15) is 0 Å². The van der Waals surface area contributed by atoms with E-state index in [1.165, 1.54) is 12.4 Å². The predicted molar refractivity (Wildman–Crippen MR) is 69.4 cm³/mol. The zero-order valence-corrected chi connectivity index (χ0v) is 10.5. The highest BCUT2D eigenvalue weighted by Crippen LogP contribution is 2.10. The predicted octanol–water partition coefficient (Wildman–Crippen LogP) is 0.0940. The molecule has 1 aromatic rings. The lowest BCUT2D eigenvalue weighted by Gasteiger charge is -2.23. The lowest BCUT2D eigenvalue weighted by molar-refractivity contribution is -0.122. The van der Waals surface area contributed by atoms with E-state index in [9.17, 15) is 9.59 Å². The molecule has 7 heteroatoms. The lowest BCUT2D eigenvalue weighted by atomic mass is 10.1. The number of carbonyl (C=O) groups is 2. The first-order valence-corrected chi connectivity index (χ1v) is 5.44. The minimum Gasteiger partial charge on any atom is -0.398 e. The third-order valence-electron chi connectivity index (χ3n) is 2.70. The maximum atomic E-state index is 11.9. The topological polar surface area (TPSA) is 97.1 Å². The molecule has 0 spiro atoms. The monoisotopic (exact) mass is 270 g/mol. The lowest BCUT2D eigenvalue weighted by Crippen LogP contribution is -2.47. The van der Waals surface area contributed by atoms with E-state index in [0.29, 0.717) is 30.6 Å². The number of hydrogen-bond donors (Lipinski definition) is 3. The van der Waals surface area contributed by atoms with Crippen molar-refractivity contribution in [1.29, 1.82) is 0 Å². The van der Waals surface area contributed by atoms with Crippen LogP contribution in [0.1, 0.15) is 23.2 Å². The van der Waals surface area contributed by atoms with E-state index in [4.69, 9.17) is 5.73 Å². The highest BCUT2D eigenvalue weighted by molar-refractivity contribution is 5.99. The number of piperidine rings is 1. The Bertz CT molecular complexity index is 442. The number of carbonyl (C=O) groups excluding carboxylic acids is 2. The van der Waals surface area contributed by atoms with Crippen LogP contribution in [-0.4, -0.2) is 29.4 Å². The Morgan fingerprint density at radius 1 is 1.56 bits per heavy atom. The SMILES string of the molecule is Cl.Nc1ccncc1C(=O)NC1CCC(=O)NC1. The standard InChI is InChI=1S/C11H14N4O2.ClH/c12-9-3-4-13-6-8(9)11(17)15-7-1-2-10(16)14-5-7;/h3-4,6-7H,1-2,5H2,(H2,12,13)(H,14,16)(H,15,17);1H. The first-order valence-electron chi connectivity index (χ1n) is 5.44. The fourth-order valence-electron chi connectivity index (χ4n) is 1.71. The van der Waals surface area contributed by atoms with Gasteiger partial charge in [0.1, 0.15) is 0 Å². The van der Waals surface area contributed by atoms with Gasteiger partial charge in [0.05, 0.1) is 5.56 Å². The number of nitrogens with one attached hydrogen (secondary N) is 2. The van der Waals surface area contributed by atoms with Crippen LogP contribution in [0.2, 0.25) is 0 Å². The van der Waals surface area contributed by atoms with Crippen molar-refractivity contribution in [3.63, 3.8) is 0 Å². The van der Waals surface area contributed by atoms with Crippen molar-refractivity contribution in [2.45, 2.75) is 18.9 Å². The summed E-state index contributed by atoms with van der Waals surface area (Å²) >= 11 is 0.